The zero-order valence-electron chi connectivity index (χ0n) is 20.3. The summed E-state index contributed by atoms with van der Waals surface area (Å²) in [6.07, 6.45) is 0.716. The Hall–Kier alpha value is -4.21. The summed E-state index contributed by atoms with van der Waals surface area (Å²) in [5.74, 6) is -2.96. The standard InChI is InChI=1S/C26H26O10/c1-14(27)33-22-7-5-18(11-24(22)35-16(3)29)9-20-13-32-26(31)21(20)10-19-6-8-23(34-15(2)28)25(12-19)36-17(4)30/h5-8,11-12,20-21H,9-10,13H2,1-4H3. The predicted molar refractivity (Wildman–Crippen MR) is 123 cm³/mol. The summed E-state index contributed by atoms with van der Waals surface area (Å²) in [5, 5.41) is 0. The molecule has 2 atom stereocenters. The highest BCUT2D eigenvalue weighted by Gasteiger charge is 2.37. The molecule has 2 aromatic carbocycles. The van der Waals surface area contributed by atoms with Gasteiger partial charge in [-0.05, 0) is 48.2 Å². The maximum Gasteiger partial charge on any atom is 0.309 e. The molecular weight excluding hydrogens is 472 g/mol. The summed E-state index contributed by atoms with van der Waals surface area (Å²) < 4.78 is 25.9. The van der Waals surface area contributed by atoms with E-state index >= 15 is 0 Å². The van der Waals surface area contributed by atoms with E-state index in [1.807, 2.05) is 0 Å². The van der Waals surface area contributed by atoms with Crippen LogP contribution in [-0.4, -0.2) is 36.5 Å². The molecule has 190 valence electrons. The van der Waals surface area contributed by atoms with Crippen molar-refractivity contribution in [3.8, 4) is 23.0 Å². The van der Waals surface area contributed by atoms with Gasteiger partial charge in [0.05, 0.1) is 12.5 Å². The van der Waals surface area contributed by atoms with Gasteiger partial charge in [0.2, 0.25) is 0 Å². The van der Waals surface area contributed by atoms with E-state index in [-0.39, 0.29) is 41.5 Å². The van der Waals surface area contributed by atoms with Crippen LogP contribution in [0.15, 0.2) is 36.4 Å². The van der Waals surface area contributed by atoms with Crippen molar-refractivity contribution in [2.75, 3.05) is 6.61 Å². The molecule has 1 aliphatic heterocycles. The molecule has 0 aromatic heterocycles. The monoisotopic (exact) mass is 498 g/mol. The van der Waals surface area contributed by atoms with Crippen LogP contribution in [0.2, 0.25) is 0 Å². The second-order valence-corrected chi connectivity index (χ2v) is 8.34. The fourth-order valence-corrected chi connectivity index (χ4v) is 3.92. The summed E-state index contributed by atoms with van der Waals surface area (Å²) in [6, 6.07) is 9.57. The van der Waals surface area contributed by atoms with Crippen molar-refractivity contribution in [1.82, 2.24) is 0 Å². The van der Waals surface area contributed by atoms with E-state index in [9.17, 15) is 24.0 Å². The Balaban J connectivity index is 1.82. The first-order chi connectivity index (χ1) is 17.0. The highest BCUT2D eigenvalue weighted by atomic mass is 16.6. The van der Waals surface area contributed by atoms with Crippen LogP contribution in [0.4, 0.5) is 0 Å². The SMILES string of the molecule is CC(=O)Oc1ccc(CC2COC(=O)C2Cc2ccc(OC(C)=O)c(OC(C)=O)c2)cc1OC(C)=O. The molecule has 0 spiro atoms. The number of rotatable bonds is 8. The zero-order chi connectivity index (χ0) is 26.4. The van der Waals surface area contributed by atoms with Gasteiger partial charge in [-0.1, -0.05) is 12.1 Å². The van der Waals surface area contributed by atoms with Crippen LogP contribution in [0, 0.1) is 11.8 Å². The maximum absolute atomic E-state index is 12.5. The first-order valence-corrected chi connectivity index (χ1v) is 11.2. The van der Waals surface area contributed by atoms with Crippen molar-refractivity contribution >= 4 is 29.8 Å². The highest BCUT2D eigenvalue weighted by molar-refractivity contribution is 5.76. The minimum atomic E-state index is -0.584. The molecule has 2 aromatic rings. The summed E-state index contributed by atoms with van der Waals surface area (Å²) >= 11 is 0. The molecule has 2 unspecified atom stereocenters. The number of cyclic esters (lactones) is 1. The lowest BCUT2D eigenvalue weighted by Crippen LogP contribution is -2.21. The lowest BCUT2D eigenvalue weighted by atomic mass is 9.85. The van der Waals surface area contributed by atoms with Gasteiger partial charge in [-0.25, -0.2) is 0 Å². The third-order valence-corrected chi connectivity index (χ3v) is 5.30. The van der Waals surface area contributed by atoms with Crippen LogP contribution in [0.25, 0.3) is 0 Å². The Bertz CT molecular complexity index is 1200. The molecule has 1 heterocycles. The Morgan fingerprint density at radius 1 is 0.694 bits per heavy atom. The molecule has 1 saturated heterocycles. The summed E-state index contributed by atoms with van der Waals surface area (Å²) in [6.45, 7) is 5.13. The number of hydrogen-bond donors (Lipinski definition) is 0. The molecule has 36 heavy (non-hydrogen) atoms. The molecule has 0 N–H and O–H groups in total. The van der Waals surface area contributed by atoms with E-state index in [0.717, 1.165) is 5.56 Å². The van der Waals surface area contributed by atoms with E-state index in [1.165, 1.54) is 39.8 Å². The van der Waals surface area contributed by atoms with Gasteiger partial charge >= 0.3 is 29.8 Å². The molecule has 10 heteroatoms. The molecule has 0 bridgehead atoms. The van der Waals surface area contributed by atoms with Gasteiger partial charge in [-0.15, -0.1) is 0 Å². The number of ether oxygens (including phenoxy) is 5. The lowest BCUT2D eigenvalue weighted by Gasteiger charge is -2.17. The van der Waals surface area contributed by atoms with E-state index < -0.39 is 29.8 Å². The van der Waals surface area contributed by atoms with Crippen molar-refractivity contribution in [1.29, 1.82) is 0 Å². The van der Waals surface area contributed by atoms with Crippen LogP contribution in [0.3, 0.4) is 0 Å². The van der Waals surface area contributed by atoms with Crippen molar-refractivity contribution in [2.24, 2.45) is 11.8 Å². The maximum atomic E-state index is 12.5. The van der Waals surface area contributed by atoms with Gasteiger partial charge in [0, 0.05) is 33.6 Å². The third-order valence-electron chi connectivity index (χ3n) is 5.30. The fourth-order valence-electron chi connectivity index (χ4n) is 3.92. The number of benzene rings is 2. The highest BCUT2D eigenvalue weighted by Crippen LogP contribution is 2.35. The van der Waals surface area contributed by atoms with Gasteiger partial charge < -0.3 is 23.7 Å². The van der Waals surface area contributed by atoms with E-state index in [2.05, 4.69) is 0 Å². The Labute approximate surface area is 207 Å². The van der Waals surface area contributed by atoms with Gasteiger partial charge in [0.1, 0.15) is 0 Å². The second-order valence-electron chi connectivity index (χ2n) is 8.34. The zero-order valence-corrected chi connectivity index (χ0v) is 20.3. The van der Waals surface area contributed by atoms with Crippen molar-refractivity contribution in [3.05, 3.63) is 47.5 Å². The van der Waals surface area contributed by atoms with Crippen LogP contribution in [-0.2, 0) is 41.6 Å². The molecule has 0 amide bonds. The summed E-state index contributed by atoms with van der Waals surface area (Å²) in [4.78, 5) is 58.2. The largest absolute Gasteiger partial charge is 0.465 e. The molecule has 1 aliphatic rings. The fraction of sp³-hybridized carbons (Fsp3) is 0.346. The normalized spacial score (nSPS) is 16.6. The lowest BCUT2D eigenvalue weighted by molar-refractivity contribution is -0.141. The van der Waals surface area contributed by atoms with Crippen LogP contribution in [0.1, 0.15) is 38.8 Å². The van der Waals surface area contributed by atoms with Crippen LogP contribution < -0.4 is 18.9 Å². The molecule has 10 nitrogen and oxygen atoms in total. The van der Waals surface area contributed by atoms with Crippen molar-refractivity contribution in [3.63, 3.8) is 0 Å². The number of carbonyl (C=O) groups is 5. The number of carbonyl (C=O) groups excluding carboxylic acids is 5. The second kappa shape index (κ2) is 11.5. The Morgan fingerprint density at radius 3 is 1.56 bits per heavy atom. The van der Waals surface area contributed by atoms with Crippen LogP contribution in [0.5, 0.6) is 23.0 Å². The first kappa shape index (κ1) is 26.4. The molecule has 0 saturated carbocycles. The predicted octanol–water partition coefficient (Wildman–Crippen LogP) is 2.96. The van der Waals surface area contributed by atoms with Gasteiger partial charge in [0.15, 0.2) is 23.0 Å². The molecule has 0 aliphatic carbocycles. The topological polar surface area (TPSA) is 132 Å². The summed E-state index contributed by atoms with van der Waals surface area (Å²) in [7, 11) is 0. The van der Waals surface area contributed by atoms with E-state index in [0.29, 0.717) is 18.4 Å². The Kier molecular flexibility index (Phi) is 8.42. The average molecular weight is 498 g/mol. The first-order valence-electron chi connectivity index (χ1n) is 11.2. The quantitative estimate of drug-likeness (QED) is 0.395. The third kappa shape index (κ3) is 7.14. The Morgan fingerprint density at radius 2 is 1.11 bits per heavy atom. The smallest absolute Gasteiger partial charge is 0.309 e. The minimum Gasteiger partial charge on any atom is -0.465 e. The molecule has 3 rings (SSSR count). The number of hydrogen-bond acceptors (Lipinski definition) is 10. The average Bonchev–Trinajstić information content (AvgIpc) is 3.09. The van der Waals surface area contributed by atoms with Gasteiger partial charge in [-0.3, -0.25) is 24.0 Å². The summed E-state index contributed by atoms with van der Waals surface area (Å²) in [5.41, 5.74) is 1.43. The van der Waals surface area contributed by atoms with E-state index in [1.54, 1.807) is 24.3 Å². The van der Waals surface area contributed by atoms with E-state index in [4.69, 9.17) is 23.7 Å². The van der Waals surface area contributed by atoms with Crippen LogP contribution >= 0.6 is 0 Å². The molecule has 0 radical (unpaired) electrons. The molecule has 1 fully saturated rings. The van der Waals surface area contributed by atoms with Gasteiger partial charge in [0.25, 0.3) is 0 Å². The minimum absolute atomic E-state index is 0.0743. The van der Waals surface area contributed by atoms with Crippen molar-refractivity contribution < 1.29 is 47.7 Å². The molecular formula is C26H26O10. The van der Waals surface area contributed by atoms with Crippen molar-refractivity contribution in [2.45, 2.75) is 40.5 Å². The van der Waals surface area contributed by atoms with Gasteiger partial charge in [-0.2, -0.15) is 0 Å². The number of esters is 5.